The molecule has 0 aromatic heterocycles. The summed E-state index contributed by atoms with van der Waals surface area (Å²) in [5.41, 5.74) is 0.771. The number of hydrogen-bond donors (Lipinski definition) is 0. The van der Waals surface area contributed by atoms with Crippen LogP contribution in [0.5, 0.6) is 11.5 Å². The van der Waals surface area contributed by atoms with E-state index in [1.807, 2.05) is 7.05 Å². The highest BCUT2D eigenvalue weighted by Crippen LogP contribution is 2.35. The van der Waals surface area contributed by atoms with Gasteiger partial charge in [-0.25, -0.2) is 0 Å². The van der Waals surface area contributed by atoms with Crippen molar-refractivity contribution in [1.29, 1.82) is 0 Å². The van der Waals surface area contributed by atoms with Crippen molar-refractivity contribution in [2.45, 2.75) is 13.0 Å². The van der Waals surface area contributed by atoms with Gasteiger partial charge in [-0.2, -0.15) is 0 Å². The van der Waals surface area contributed by atoms with Crippen molar-refractivity contribution in [3.63, 3.8) is 0 Å². The van der Waals surface area contributed by atoms with Crippen LogP contribution < -0.4 is 14.4 Å². The van der Waals surface area contributed by atoms with E-state index in [0.29, 0.717) is 40.9 Å². The van der Waals surface area contributed by atoms with Crippen LogP contribution in [-0.2, 0) is 9.59 Å². The fourth-order valence-corrected chi connectivity index (χ4v) is 4.14. The molecule has 8 nitrogen and oxygen atoms in total. The number of carbonyl (C=O) groups is 3. The number of halogens is 1. The summed E-state index contributed by atoms with van der Waals surface area (Å²) in [4.78, 5) is 44.1. The standard InChI is InChI=1S/C24H26ClN3O5/c1-16(24(31)27-10-8-26(2)9-11-27)28-20-12-17(6-7-22(20)33-15-23(28)30)21(29)14-32-19-5-3-4-18(25)13-19/h3-7,12-13,16H,8-11,14-15H2,1-2H3. The van der Waals surface area contributed by atoms with E-state index in [-0.39, 0.29) is 30.8 Å². The molecule has 0 spiro atoms. The van der Waals surface area contributed by atoms with Gasteiger partial charge in [0.15, 0.2) is 19.0 Å². The number of ether oxygens (including phenoxy) is 2. The predicted molar refractivity (Wildman–Crippen MR) is 124 cm³/mol. The first-order chi connectivity index (χ1) is 15.8. The molecule has 2 aliphatic rings. The number of anilines is 1. The zero-order valence-corrected chi connectivity index (χ0v) is 19.4. The molecule has 0 radical (unpaired) electrons. The molecule has 0 N–H and O–H groups in total. The van der Waals surface area contributed by atoms with E-state index in [2.05, 4.69) is 4.90 Å². The minimum absolute atomic E-state index is 0.120. The molecular weight excluding hydrogens is 446 g/mol. The number of piperazine rings is 1. The van der Waals surface area contributed by atoms with Crippen molar-refractivity contribution in [2.75, 3.05) is 51.3 Å². The highest BCUT2D eigenvalue weighted by Gasteiger charge is 2.36. The number of amides is 2. The fraction of sp³-hybridized carbons (Fsp3) is 0.375. The van der Waals surface area contributed by atoms with E-state index in [0.717, 1.165) is 13.1 Å². The first-order valence-corrected chi connectivity index (χ1v) is 11.2. The van der Waals surface area contributed by atoms with Gasteiger partial charge in [0.2, 0.25) is 5.91 Å². The van der Waals surface area contributed by atoms with Gasteiger partial charge in [0, 0.05) is 36.8 Å². The van der Waals surface area contributed by atoms with Gasteiger partial charge >= 0.3 is 0 Å². The maximum atomic E-state index is 13.1. The molecular formula is C24H26ClN3O5. The molecule has 1 atom stereocenters. The van der Waals surface area contributed by atoms with Crippen LogP contribution in [0.2, 0.25) is 5.02 Å². The number of carbonyl (C=O) groups excluding carboxylic acids is 3. The van der Waals surface area contributed by atoms with E-state index in [1.165, 1.54) is 4.90 Å². The number of nitrogens with zero attached hydrogens (tertiary/aromatic N) is 3. The van der Waals surface area contributed by atoms with Crippen LogP contribution in [0.4, 0.5) is 5.69 Å². The molecule has 2 amide bonds. The number of fused-ring (bicyclic) bond motifs is 1. The molecule has 1 saturated heterocycles. The number of likely N-dealkylation sites (N-methyl/N-ethyl adjacent to an activating group) is 1. The van der Waals surface area contributed by atoms with Crippen LogP contribution in [0.1, 0.15) is 17.3 Å². The Kier molecular flexibility index (Phi) is 6.85. The average Bonchev–Trinajstić information content (AvgIpc) is 2.82. The quantitative estimate of drug-likeness (QED) is 0.602. The second-order valence-electron chi connectivity index (χ2n) is 8.21. The molecule has 2 aromatic rings. The Morgan fingerprint density at radius 1 is 1.12 bits per heavy atom. The maximum absolute atomic E-state index is 13.1. The Morgan fingerprint density at radius 2 is 1.88 bits per heavy atom. The summed E-state index contributed by atoms with van der Waals surface area (Å²) in [6, 6.07) is 10.9. The molecule has 1 unspecified atom stereocenters. The van der Waals surface area contributed by atoms with Crippen LogP contribution in [0, 0.1) is 0 Å². The number of ketones is 1. The third kappa shape index (κ3) is 5.12. The molecule has 2 heterocycles. The molecule has 174 valence electrons. The van der Waals surface area contributed by atoms with Crippen molar-refractivity contribution in [2.24, 2.45) is 0 Å². The number of Topliss-reactive ketones (excluding diaryl/α,β-unsaturated/α-hetero) is 1. The van der Waals surface area contributed by atoms with Crippen LogP contribution in [0.25, 0.3) is 0 Å². The summed E-state index contributed by atoms with van der Waals surface area (Å²) in [7, 11) is 2.02. The minimum atomic E-state index is -0.711. The van der Waals surface area contributed by atoms with Crippen LogP contribution >= 0.6 is 11.6 Å². The molecule has 0 bridgehead atoms. The molecule has 0 aliphatic carbocycles. The summed E-state index contributed by atoms with van der Waals surface area (Å²) in [5.74, 6) is 0.233. The van der Waals surface area contributed by atoms with Crippen molar-refractivity contribution < 1.29 is 23.9 Å². The lowest BCUT2D eigenvalue weighted by atomic mass is 10.1. The van der Waals surface area contributed by atoms with Gasteiger partial charge in [0.1, 0.15) is 17.5 Å². The Hall–Kier alpha value is -3.10. The second-order valence-corrected chi connectivity index (χ2v) is 8.65. The smallest absolute Gasteiger partial charge is 0.265 e. The highest BCUT2D eigenvalue weighted by molar-refractivity contribution is 6.30. The van der Waals surface area contributed by atoms with Gasteiger partial charge in [-0.1, -0.05) is 17.7 Å². The SMILES string of the molecule is CC(C(=O)N1CCN(C)CC1)N1C(=O)COc2ccc(C(=O)COc3cccc(Cl)c3)cc21. The Labute approximate surface area is 197 Å². The minimum Gasteiger partial charge on any atom is -0.485 e. The van der Waals surface area contributed by atoms with E-state index in [1.54, 1.807) is 54.3 Å². The summed E-state index contributed by atoms with van der Waals surface area (Å²) in [6.45, 7) is 4.18. The summed E-state index contributed by atoms with van der Waals surface area (Å²) in [5, 5.41) is 0.513. The van der Waals surface area contributed by atoms with Gasteiger partial charge in [-0.05, 0) is 50.4 Å². The number of hydrogen-bond acceptors (Lipinski definition) is 6. The van der Waals surface area contributed by atoms with Gasteiger partial charge in [-0.3, -0.25) is 19.3 Å². The third-order valence-corrected chi connectivity index (χ3v) is 6.12. The Balaban J connectivity index is 1.52. The predicted octanol–water partition coefficient (Wildman–Crippen LogP) is 2.49. The molecule has 0 saturated carbocycles. The number of rotatable bonds is 6. The summed E-state index contributed by atoms with van der Waals surface area (Å²) < 4.78 is 11.1. The van der Waals surface area contributed by atoms with E-state index in [4.69, 9.17) is 21.1 Å². The second kappa shape index (κ2) is 9.80. The van der Waals surface area contributed by atoms with Crippen molar-refractivity contribution >= 4 is 34.9 Å². The van der Waals surface area contributed by atoms with Crippen molar-refractivity contribution in [3.8, 4) is 11.5 Å². The van der Waals surface area contributed by atoms with E-state index < -0.39 is 6.04 Å². The van der Waals surface area contributed by atoms with Gasteiger partial charge < -0.3 is 19.3 Å². The molecule has 4 rings (SSSR count). The fourth-order valence-electron chi connectivity index (χ4n) is 3.96. The Bertz CT molecular complexity index is 1070. The average molecular weight is 472 g/mol. The molecule has 2 aromatic carbocycles. The molecule has 1 fully saturated rings. The van der Waals surface area contributed by atoms with Crippen LogP contribution in [0.3, 0.4) is 0 Å². The first kappa shape index (κ1) is 23.1. The van der Waals surface area contributed by atoms with Crippen molar-refractivity contribution in [1.82, 2.24) is 9.80 Å². The normalized spacial score (nSPS) is 17.2. The monoisotopic (exact) mass is 471 g/mol. The topological polar surface area (TPSA) is 79.4 Å². The summed E-state index contributed by atoms with van der Waals surface area (Å²) in [6.07, 6.45) is 0. The lowest BCUT2D eigenvalue weighted by molar-refractivity contribution is -0.136. The molecule has 2 aliphatic heterocycles. The van der Waals surface area contributed by atoms with Crippen molar-refractivity contribution in [3.05, 3.63) is 53.1 Å². The van der Waals surface area contributed by atoms with E-state index in [9.17, 15) is 14.4 Å². The Morgan fingerprint density at radius 3 is 2.61 bits per heavy atom. The van der Waals surface area contributed by atoms with Gasteiger partial charge in [0.25, 0.3) is 5.91 Å². The van der Waals surface area contributed by atoms with Gasteiger partial charge in [0.05, 0.1) is 5.69 Å². The van der Waals surface area contributed by atoms with Gasteiger partial charge in [-0.15, -0.1) is 0 Å². The first-order valence-electron chi connectivity index (χ1n) is 10.8. The molecule has 9 heteroatoms. The highest BCUT2D eigenvalue weighted by atomic mass is 35.5. The zero-order chi connectivity index (χ0) is 23.5. The lowest BCUT2D eigenvalue weighted by Crippen LogP contribution is -2.56. The van der Waals surface area contributed by atoms with E-state index >= 15 is 0 Å². The zero-order valence-electron chi connectivity index (χ0n) is 18.6. The van der Waals surface area contributed by atoms with Crippen LogP contribution in [-0.4, -0.2) is 79.9 Å². The summed E-state index contributed by atoms with van der Waals surface area (Å²) >= 11 is 5.96. The number of benzene rings is 2. The lowest BCUT2D eigenvalue weighted by Gasteiger charge is -2.38. The maximum Gasteiger partial charge on any atom is 0.265 e. The molecule has 33 heavy (non-hydrogen) atoms. The van der Waals surface area contributed by atoms with Crippen LogP contribution in [0.15, 0.2) is 42.5 Å². The third-order valence-electron chi connectivity index (χ3n) is 5.89. The largest absolute Gasteiger partial charge is 0.485 e.